The van der Waals surface area contributed by atoms with Crippen molar-refractivity contribution in [3.05, 3.63) is 90.3 Å². The smallest absolute Gasteiger partial charge is 0.269 e. The van der Waals surface area contributed by atoms with Crippen molar-refractivity contribution in [3.8, 4) is 6.07 Å². The number of nitrogens with zero attached hydrogens (tertiary/aromatic N) is 2. The molecule has 0 N–H and O–H groups in total. The summed E-state index contributed by atoms with van der Waals surface area (Å²) >= 11 is 7.14. The molecule has 1 aromatic heterocycles. The lowest BCUT2D eigenvalue weighted by atomic mass is 10.1. The number of hydrogen-bond donors (Lipinski definition) is 0. The molecule has 0 radical (unpaired) electrons. The molecule has 0 aliphatic carbocycles. The molecule has 29 heavy (non-hydrogen) atoms. The summed E-state index contributed by atoms with van der Waals surface area (Å²) in [7, 11) is 1.53. The Morgan fingerprint density at radius 1 is 1.24 bits per heavy atom. The Hall–Kier alpha value is -2.98. The molecule has 0 aliphatic rings. The maximum atomic E-state index is 13.0. The summed E-state index contributed by atoms with van der Waals surface area (Å²) in [5.74, 6) is -0.421. The Morgan fingerprint density at radius 2 is 2.00 bits per heavy atom. The number of rotatable bonds is 6. The zero-order valence-electron chi connectivity index (χ0n) is 15.6. The summed E-state index contributed by atoms with van der Waals surface area (Å²) < 4.78 is 7.24. The number of carbonyl (C=O) groups is 1. The van der Waals surface area contributed by atoms with Gasteiger partial charge in [-0.15, -0.1) is 11.3 Å². The van der Waals surface area contributed by atoms with Crippen LogP contribution in [0.3, 0.4) is 0 Å². The molecule has 7 heteroatoms. The van der Waals surface area contributed by atoms with Crippen LogP contribution in [0.5, 0.6) is 0 Å². The van der Waals surface area contributed by atoms with Gasteiger partial charge in [-0.1, -0.05) is 54.1 Å². The van der Waals surface area contributed by atoms with Gasteiger partial charge in [0.15, 0.2) is 0 Å². The summed E-state index contributed by atoms with van der Waals surface area (Å²) in [6.45, 7) is 0.510. The van der Waals surface area contributed by atoms with Crippen molar-refractivity contribution < 1.29 is 9.53 Å². The molecule has 3 rings (SSSR count). The standard InChI is InChI=1S/C22H17ClN2O3S/c1-28-11-10-25-21(27)19(13-15-6-5-9-17(23)12-15)29-22(25)18(14-24)20(26)16-7-3-2-4-8-16/h2-9,12-13H,10-11H2,1H3/b19-13+,22-18+. The quantitative estimate of drug-likeness (QED) is 0.570. The van der Waals surface area contributed by atoms with Crippen LogP contribution >= 0.6 is 22.9 Å². The fourth-order valence-electron chi connectivity index (χ4n) is 2.77. The molecule has 0 bridgehead atoms. The Balaban J connectivity index is 2.27. The van der Waals surface area contributed by atoms with Crippen LogP contribution in [-0.2, 0) is 11.3 Å². The van der Waals surface area contributed by atoms with Gasteiger partial charge < -0.3 is 4.74 Å². The second-order valence-electron chi connectivity index (χ2n) is 6.10. The molecule has 0 aliphatic heterocycles. The first-order chi connectivity index (χ1) is 14.0. The minimum Gasteiger partial charge on any atom is -0.383 e. The van der Waals surface area contributed by atoms with Crippen LogP contribution in [0.1, 0.15) is 15.9 Å². The summed E-state index contributed by atoms with van der Waals surface area (Å²) in [5.41, 5.74) is 0.800. The van der Waals surface area contributed by atoms with Gasteiger partial charge in [0, 0.05) is 17.7 Å². The summed E-state index contributed by atoms with van der Waals surface area (Å²) in [5, 5.41) is 10.3. The fraction of sp³-hybridized carbons (Fsp3) is 0.136. The number of ketones is 1. The van der Waals surface area contributed by atoms with Gasteiger partial charge in [-0.05, 0) is 23.8 Å². The molecule has 0 spiro atoms. The largest absolute Gasteiger partial charge is 0.383 e. The van der Waals surface area contributed by atoms with E-state index in [0.717, 1.165) is 16.9 Å². The highest BCUT2D eigenvalue weighted by molar-refractivity contribution is 7.07. The second kappa shape index (κ2) is 9.48. The number of thiazole rings is 1. The SMILES string of the molecule is COCCn1c(=O)/c(=C\c2cccc(Cl)c2)s/c1=C(\C#N)C(=O)c1ccccc1. The van der Waals surface area contributed by atoms with Crippen LogP contribution in [0.2, 0.25) is 5.02 Å². The van der Waals surface area contributed by atoms with Crippen LogP contribution in [0.25, 0.3) is 11.6 Å². The van der Waals surface area contributed by atoms with Gasteiger partial charge in [0.25, 0.3) is 5.56 Å². The number of carbonyl (C=O) groups excluding carboxylic acids is 1. The molecule has 3 aromatic rings. The number of benzene rings is 2. The highest BCUT2D eigenvalue weighted by Crippen LogP contribution is 2.11. The topological polar surface area (TPSA) is 72.1 Å². The van der Waals surface area contributed by atoms with E-state index in [2.05, 4.69) is 0 Å². The predicted molar refractivity (Wildman–Crippen MR) is 115 cm³/mol. The number of ether oxygens (including phenoxy) is 1. The van der Waals surface area contributed by atoms with E-state index in [1.165, 1.54) is 11.7 Å². The van der Waals surface area contributed by atoms with Crippen LogP contribution in [-0.4, -0.2) is 24.1 Å². The summed E-state index contributed by atoms with van der Waals surface area (Å²) in [6.07, 6.45) is 1.70. The zero-order valence-corrected chi connectivity index (χ0v) is 17.2. The first kappa shape index (κ1) is 20.7. The molecular formula is C22H17ClN2O3S. The van der Waals surface area contributed by atoms with Crippen molar-refractivity contribution in [1.29, 1.82) is 5.26 Å². The first-order valence-corrected chi connectivity index (χ1v) is 9.94. The van der Waals surface area contributed by atoms with Crippen molar-refractivity contribution in [2.24, 2.45) is 0 Å². The lowest BCUT2D eigenvalue weighted by Gasteiger charge is -2.03. The molecular weight excluding hydrogens is 408 g/mol. The van der Waals surface area contributed by atoms with Crippen LogP contribution in [0.15, 0.2) is 59.4 Å². The number of aromatic nitrogens is 1. The molecule has 5 nitrogen and oxygen atoms in total. The van der Waals surface area contributed by atoms with E-state index in [0.29, 0.717) is 19.8 Å². The number of nitriles is 1. The Labute approximate surface area is 176 Å². The average molecular weight is 425 g/mol. The third-order valence-corrected chi connectivity index (χ3v) is 5.53. The molecule has 0 fully saturated rings. The molecule has 2 aromatic carbocycles. The molecule has 0 amide bonds. The Bertz CT molecular complexity index is 1250. The van der Waals surface area contributed by atoms with E-state index < -0.39 is 5.78 Å². The highest BCUT2D eigenvalue weighted by atomic mass is 35.5. The van der Waals surface area contributed by atoms with Crippen molar-refractivity contribution in [3.63, 3.8) is 0 Å². The van der Waals surface area contributed by atoms with E-state index in [-0.39, 0.29) is 24.3 Å². The molecule has 0 saturated heterocycles. The predicted octanol–water partition coefficient (Wildman–Crippen LogP) is 2.60. The van der Waals surface area contributed by atoms with E-state index in [1.54, 1.807) is 54.6 Å². The van der Waals surface area contributed by atoms with Crippen LogP contribution in [0.4, 0.5) is 0 Å². The number of Topliss-reactive ketones (excluding diaryl/α,β-unsaturated/α-hetero) is 1. The number of hydrogen-bond acceptors (Lipinski definition) is 5. The molecule has 0 saturated carbocycles. The van der Waals surface area contributed by atoms with Gasteiger partial charge in [0.2, 0.25) is 5.78 Å². The third-order valence-electron chi connectivity index (χ3n) is 4.16. The maximum absolute atomic E-state index is 13.0. The van der Waals surface area contributed by atoms with Crippen molar-refractivity contribution in [1.82, 2.24) is 4.57 Å². The third kappa shape index (κ3) is 4.72. The summed E-state index contributed by atoms with van der Waals surface area (Å²) in [6, 6.07) is 17.6. The van der Waals surface area contributed by atoms with E-state index in [1.807, 2.05) is 12.1 Å². The number of halogens is 1. The number of methoxy groups -OCH3 is 1. The molecule has 0 atom stereocenters. The van der Waals surface area contributed by atoms with Crippen LogP contribution < -0.4 is 14.8 Å². The highest BCUT2D eigenvalue weighted by Gasteiger charge is 2.17. The maximum Gasteiger partial charge on any atom is 0.269 e. The van der Waals surface area contributed by atoms with Gasteiger partial charge in [-0.2, -0.15) is 5.26 Å². The molecule has 146 valence electrons. The fourth-order valence-corrected chi connectivity index (χ4v) is 4.09. The van der Waals surface area contributed by atoms with E-state index >= 15 is 0 Å². The van der Waals surface area contributed by atoms with Crippen LogP contribution in [0, 0.1) is 11.3 Å². The minimum atomic E-state index is -0.421. The van der Waals surface area contributed by atoms with Crippen molar-refractivity contribution in [2.45, 2.75) is 6.54 Å². The van der Waals surface area contributed by atoms with Gasteiger partial charge >= 0.3 is 0 Å². The van der Waals surface area contributed by atoms with E-state index in [9.17, 15) is 14.9 Å². The van der Waals surface area contributed by atoms with Crippen molar-refractivity contribution >= 4 is 40.4 Å². The Morgan fingerprint density at radius 3 is 2.66 bits per heavy atom. The Kier molecular flexibility index (Phi) is 6.78. The normalized spacial score (nSPS) is 12.5. The lowest BCUT2D eigenvalue weighted by Crippen LogP contribution is -2.34. The summed E-state index contributed by atoms with van der Waals surface area (Å²) in [4.78, 5) is 25.9. The van der Waals surface area contributed by atoms with Gasteiger partial charge in [0.05, 0.1) is 17.7 Å². The molecule has 1 heterocycles. The van der Waals surface area contributed by atoms with E-state index in [4.69, 9.17) is 16.3 Å². The molecule has 0 unspecified atom stereocenters. The average Bonchev–Trinajstić information content (AvgIpc) is 3.02. The zero-order chi connectivity index (χ0) is 20.8. The lowest BCUT2D eigenvalue weighted by molar-refractivity contribution is 0.105. The minimum absolute atomic E-state index is 0.0693. The monoisotopic (exact) mass is 424 g/mol. The first-order valence-electron chi connectivity index (χ1n) is 8.75. The van der Waals surface area contributed by atoms with Gasteiger partial charge in [0.1, 0.15) is 16.3 Å². The van der Waals surface area contributed by atoms with Crippen molar-refractivity contribution in [2.75, 3.05) is 13.7 Å². The second-order valence-corrected chi connectivity index (χ2v) is 7.57. The van der Waals surface area contributed by atoms with Gasteiger partial charge in [-0.3, -0.25) is 14.2 Å². The van der Waals surface area contributed by atoms with Gasteiger partial charge in [-0.25, -0.2) is 0 Å².